The zero-order valence-electron chi connectivity index (χ0n) is 13.2. The van der Waals surface area contributed by atoms with Crippen LogP contribution in [-0.4, -0.2) is 21.1 Å². The lowest BCUT2D eigenvalue weighted by atomic mass is 10.2. The largest absolute Gasteiger partial charge is 0.418 e. The molecule has 2 heterocycles. The third kappa shape index (κ3) is 3.88. The van der Waals surface area contributed by atoms with E-state index >= 15 is 0 Å². The average Bonchev–Trinajstić information content (AvgIpc) is 3.01. The van der Waals surface area contributed by atoms with Crippen LogP contribution >= 0.6 is 23.1 Å². The first-order valence-corrected chi connectivity index (χ1v) is 9.21. The Morgan fingerprint density at radius 2 is 2.12 bits per heavy atom. The number of alkyl halides is 3. The van der Waals surface area contributed by atoms with Crippen LogP contribution in [0.25, 0.3) is 10.2 Å². The van der Waals surface area contributed by atoms with Crippen molar-refractivity contribution in [1.29, 1.82) is 0 Å². The van der Waals surface area contributed by atoms with Crippen LogP contribution in [0, 0.1) is 10.1 Å². The lowest BCUT2D eigenvalue weighted by molar-refractivity contribution is -0.384. The number of rotatable bonds is 5. The number of thiazole rings is 1. The molecule has 1 N–H and O–H groups in total. The molecular formula is C15H11F3N4O2S2. The standard InChI is InChI=1S/C15H11F3N4O2S2/c1-25-14-21-10-3-2-8(4-12(10)26-14)6-19-13-11(22(23)24)5-9(7-20-13)15(16,17)18/h2-5,7H,6H2,1H3,(H,19,20). The molecule has 3 rings (SSSR count). The van der Waals surface area contributed by atoms with Crippen LogP contribution < -0.4 is 5.32 Å². The van der Waals surface area contributed by atoms with Crippen LogP contribution in [0.15, 0.2) is 34.8 Å². The molecule has 0 aliphatic heterocycles. The minimum atomic E-state index is -4.69. The van der Waals surface area contributed by atoms with Gasteiger partial charge in [0, 0.05) is 18.8 Å². The van der Waals surface area contributed by atoms with Crippen molar-refractivity contribution in [3.05, 3.63) is 51.7 Å². The first-order valence-electron chi connectivity index (χ1n) is 7.17. The fourth-order valence-electron chi connectivity index (χ4n) is 2.21. The maximum atomic E-state index is 12.7. The maximum absolute atomic E-state index is 12.7. The maximum Gasteiger partial charge on any atom is 0.418 e. The van der Waals surface area contributed by atoms with Crippen LogP contribution in [0.3, 0.4) is 0 Å². The van der Waals surface area contributed by atoms with Crippen molar-refractivity contribution in [1.82, 2.24) is 9.97 Å². The number of fused-ring (bicyclic) bond motifs is 1. The molecule has 2 aromatic heterocycles. The van der Waals surface area contributed by atoms with E-state index in [4.69, 9.17) is 0 Å². The summed E-state index contributed by atoms with van der Waals surface area (Å²) in [4.78, 5) is 18.2. The smallest absolute Gasteiger partial charge is 0.360 e. The van der Waals surface area contributed by atoms with Gasteiger partial charge in [0.05, 0.1) is 20.7 Å². The second-order valence-corrected chi connectivity index (χ2v) is 7.27. The number of benzene rings is 1. The molecule has 26 heavy (non-hydrogen) atoms. The lowest BCUT2D eigenvalue weighted by Gasteiger charge is -2.09. The SMILES string of the molecule is CSc1nc2ccc(CNc3ncc(C(F)(F)F)cc3[N+](=O)[O-])cc2s1. The molecule has 6 nitrogen and oxygen atoms in total. The number of halogens is 3. The number of hydrogen-bond acceptors (Lipinski definition) is 7. The Balaban J connectivity index is 1.83. The van der Waals surface area contributed by atoms with Gasteiger partial charge in [-0.1, -0.05) is 17.8 Å². The van der Waals surface area contributed by atoms with Crippen molar-refractivity contribution < 1.29 is 18.1 Å². The third-order valence-electron chi connectivity index (χ3n) is 3.46. The molecule has 0 spiro atoms. The van der Waals surface area contributed by atoms with Crippen molar-refractivity contribution in [2.24, 2.45) is 0 Å². The van der Waals surface area contributed by atoms with Crippen LogP contribution in [0.1, 0.15) is 11.1 Å². The number of pyridine rings is 1. The molecule has 0 fully saturated rings. The van der Waals surface area contributed by atoms with Crippen molar-refractivity contribution in [3.8, 4) is 0 Å². The Kier molecular flexibility index (Phi) is 5.01. The monoisotopic (exact) mass is 400 g/mol. The molecule has 0 aliphatic rings. The summed E-state index contributed by atoms with van der Waals surface area (Å²) in [7, 11) is 0. The highest BCUT2D eigenvalue weighted by atomic mass is 32.2. The molecular weight excluding hydrogens is 389 g/mol. The summed E-state index contributed by atoms with van der Waals surface area (Å²) in [5.74, 6) is -0.211. The van der Waals surface area contributed by atoms with Gasteiger partial charge in [-0.3, -0.25) is 10.1 Å². The van der Waals surface area contributed by atoms with Gasteiger partial charge < -0.3 is 5.32 Å². The average molecular weight is 400 g/mol. The van der Waals surface area contributed by atoms with E-state index in [1.807, 2.05) is 18.4 Å². The third-order valence-corrected chi connectivity index (χ3v) is 5.46. The Bertz CT molecular complexity index is 975. The van der Waals surface area contributed by atoms with Crippen molar-refractivity contribution in [2.45, 2.75) is 17.1 Å². The van der Waals surface area contributed by atoms with E-state index in [2.05, 4.69) is 15.3 Å². The van der Waals surface area contributed by atoms with Crippen LogP contribution in [0.2, 0.25) is 0 Å². The highest BCUT2D eigenvalue weighted by Gasteiger charge is 2.33. The van der Waals surface area contributed by atoms with E-state index in [0.717, 1.165) is 20.1 Å². The quantitative estimate of drug-likeness (QED) is 0.371. The number of hydrogen-bond donors (Lipinski definition) is 1. The zero-order valence-corrected chi connectivity index (χ0v) is 14.8. The first kappa shape index (κ1) is 18.4. The van der Waals surface area contributed by atoms with Gasteiger partial charge in [-0.2, -0.15) is 13.2 Å². The molecule has 0 radical (unpaired) electrons. The zero-order chi connectivity index (χ0) is 18.9. The second kappa shape index (κ2) is 7.08. The van der Waals surface area contributed by atoms with E-state index in [-0.39, 0.29) is 12.4 Å². The van der Waals surface area contributed by atoms with E-state index < -0.39 is 22.4 Å². The summed E-state index contributed by atoms with van der Waals surface area (Å²) >= 11 is 3.06. The van der Waals surface area contributed by atoms with E-state index in [1.54, 1.807) is 6.07 Å². The molecule has 0 atom stereocenters. The van der Waals surface area contributed by atoms with E-state index in [9.17, 15) is 23.3 Å². The van der Waals surface area contributed by atoms with Crippen molar-refractivity contribution in [2.75, 3.05) is 11.6 Å². The lowest BCUT2D eigenvalue weighted by Crippen LogP contribution is -2.10. The molecule has 1 aromatic carbocycles. The molecule has 0 saturated carbocycles. The number of nitrogens with one attached hydrogen (secondary N) is 1. The van der Waals surface area contributed by atoms with Crippen molar-refractivity contribution in [3.63, 3.8) is 0 Å². The van der Waals surface area contributed by atoms with Crippen LogP contribution in [-0.2, 0) is 12.7 Å². The number of nitro groups is 1. The summed E-state index contributed by atoms with van der Waals surface area (Å²) in [5, 5.41) is 13.8. The topological polar surface area (TPSA) is 81.0 Å². The second-order valence-electron chi connectivity index (χ2n) is 5.19. The Morgan fingerprint density at radius 3 is 2.77 bits per heavy atom. The number of anilines is 1. The van der Waals surface area contributed by atoms with E-state index in [0.29, 0.717) is 12.3 Å². The number of nitrogens with zero attached hydrogens (tertiary/aromatic N) is 3. The summed E-state index contributed by atoms with van der Waals surface area (Å²) in [5.41, 5.74) is -0.222. The normalized spacial score (nSPS) is 11.7. The van der Waals surface area contributed by atoms with Gasteiger partial charge in [-0.15, -0.1) is 11.3 Å². The van der Waals surface area contributed by atoms with Crippen molar-refractivity contribution >= 4 is 44.8 Å². The Labute approximate surface area is 153 Å². The van der Waals surface area contributed by atoms with Gasteiger partial charge in [0.1, 0.15) is 0 Å². The molecule has 0 amide bonds. The molecule has 0 aliphatic carbocycles. The number of aromatic nitrogens is 2. The molecule has 11 heteroatoms. The van der Waals surface area contributed by atoms with Gasteiger partial charge >= 0.3 is 11.9 Å². The fourth-order valence-corrected chi connectivity index (χ4v) is 3.77. The highest BCUT2D eigenvalue weighted by molar-refractivity contribution is 8.00. The summed E-state index contributed by atoms with van der Waals surface area (Å²) in [6.07, 6.45) is -2.19. The predicted molar refractivity (Wildman–Crippen MR) is 94.6 cm³/mol. The summed E-state index contributed by atoms with van der Waals surface area (Å²) in [6, 6.07) is 5.99. The predicted octanol–water partition coefficient (Wildman–Crippen LogP) is 4.95. The number of thioether (sulfide) groups is 1. The molecule has 0 unspecified atom stereocenters. The van der Waals surface area contributed by atoms with E-state index in [1.165, 1.54) is 23.1 Å². The molecule has 3 aromatic rings. The van der Waals surface area contributed by atoms with Gasteiger partial charge in [0.25, 0.3) is 0 Å². The van der Waals surface area contributed by atoms with Gasteiger partial charge in [0.2, 0.25) is 5.82 Å². The molecule has 136 valence electrons. The van der Waals surface area contributed by atoms with Gasteiger partial charge in [-0.05, 0) is 24.0 Å². The first-order chi connectivity index (χ1) is 12.3. The van der Waals surface area contributed by atoms with Crippen LogP contribution in [0.4, 0.5) is 24.7 Å². The minimum absolute atomic E-state index is 0.182. The van der Waals surface area contributed by atoms with Gasteiger partial charge in [-0.25, -0.2) is 9.97 Å². The Hall–Kier alpha value is -2.40. The minimum Gasteiger partial charge on any atom is -0.360 e. The molecule has 0 bridgehead atoms. The summed E-state index contributed by atoms with van der Waals surface area (Å²) < 4.78 is 40.0. The van der Waals surface area contributed by atoms with Gasteiger partial charge in [0.15, 0.2) is 4.34 Å². The fraction of sp³-hybridized carbons (Fsp3) is 0.200. The summed E-state index contributed by atoms with van der Waals surface area (Å²) in [6.45, 7) is 0.182. The Morgan fingerprint density at radius 1 is 1.35 bits per heavy atom. The molecule has 0 saturated heterocycles. The highest BCUT2D eigenvalue weighted by Crippen LogP contribution is 2.34. The van der Waals surface area contributed by atoms with Crippen LogP contribution in [0.5, 0.6) is 0 Å².